The first kappa shape index (κ1) is 20.0. The molecule has 0 bridgehead atoms. The quantitative estimate of drug-likeness (QED) is 0.580. The molecule has 3 aromatic rings. The molecular formula is C20H19ClN2O4S. The molecule has 8 heteroatoms. The largest absolute Gasteiger partial charge is 0.497 e. The molecule has 0 aliphatic heterocycles. The Hall–Kier alpha value is -2.77. The van der Waals surface area contributed by atoms with Gasteiger partial charge in [-0.05, 0) is 36.4 Å². The number of rotatable bonds is 8. The highest BCUT2D eigenvalue weighted by atomic mass is 35.5. The topological polar surface area (TPSA) is 69.7 Å². The van der Waals surface area contributed by atoms with E-state index in [1.54, 1.807) is 56.7 Å². The van der Waals surface area contributed by atoms with Gasteiger partial charge in [-0.25, -0.2) is 4.98 Å². The fraction of sp³-hybridized carbons (Fsp3) is 0.200. The van der Waals surface area contributed by atoms with Gasteiger partial charge in [-0.15, -0.1) is 11.3 Å². The first-order valence-corrected chi connectivity index (χ1v) is 9.66. The van der Waals surface area contributed by atoms with E-state index >= 15 is 0 Å². The standard InChI is InChI=1S/C20H19ClN2O4S/c1-25-16-7-8-18(26-2)17(10-16)23-19(24)9-14-12-28-20(22-14)11-27-15-5-3-13(21)4-6-15/h3-8,10,12H,9,11H2,1-2H3,(H,23,24). The van der Waals surface area contributed by atoms with Crippen molar-refractivity contribution in [3.63, 3.8) is 0 Å². The summed E-state index contributed by atoms with van der Waals surface area (Å²) in [6, 6.07) is 12.3. The molecule has 0 fully saturated rings. The van der Waals surface area contributed by atoms with E-state index in [-0.39, 0.29) is 12.3 Å². The molecular weight excluding hydrogens is 400 g/mol. The van der Waals surface area contributed by atoms with Gasteiger partial charge in [0.2, 0.25) is 5.91 Å². The smallest absolute Gasteiger partial charge is 0.230 e. The monoisotopic (exact) mass is 418 g/mol. The lowest BCUT2D eigenvalue weighted by molar-refractivity contribution is -0.115. The lowest BCUT2D eigenvalue weighted by Gasteiger charge is -2.11. The summed E-state index contributed by atoms with van der Waals surface area (Å²) in [5.41, 5.74) is 1.23. The highest BCUT2D eigenvalue weighted by Gasteiger charge is 2.12. The summed E-state index contributed by atoms with van der Waals surface area (Å²) in [6.07, 6.45) is 0.151. The Balaban J connectivity index is 1.57. The number of anilines is 1. The van der Waals surface area contributed by atoms with E-state index in [0.29, 0.717) is 40.3 Å². The minimum Gasteiger partial charge on any atom is -0.497 e. The number of carbonyl (C=O) groups is 1. The molecule has 1 amide bonds. The molecule has 0 unspecified atom stereocenters. The zero-order valence-electron chi connectivity index (χ0n) is 15.4. The molecule has 2 aromatic carbocycles. The van der Waals surface area contributed by atoms with Gasteiger partial charge in [-0.1, -0.05) is 11.6 Å². The third-order valence-electron chi connectivity index (χ3n) is 3.80. The summed E-state index contributed by atoms with van der Waals surface area (Å²) in [4.78, 5) is 16.8. The first-order chi connectivity index (χ1) is 13.6. The van der Waals surface area contributed by atoms with Crippen molar-refractivity contribution in [2.24, 2.45) is 0 Å². The van der Waals surface area contributed by atoms with Crippen LogP contribution in [0.2, 0.25) is 5.02 Å². The summed E-state index contributed by atoms with van der Waals surface area (Å²) in [5, 5.41) is 6.13. The molecule has 146 valence electrons. The van der Waals surface area contributed by atoms with Gasteiger partial charge in [-0.3, -0.25) is 4.79 Å². The molecule has 0 spiro atoms. The predicted octanol–water partition coefficient (Wildman–Crippen LogP) is 4.57. The summed E-state index contributed by atoms with van der Waals surface area (Å²) < 4.78 is 16.1. The Morgan fingerprint density at radius 3 is 2.57 bits per heavy atom. The third kappa shape index (κ3) is 5.37. The average molecular weight is 419 g/mol. The SMILES string of the molecule is COc1ccc(OC)c(NC(=O)Cc2csc(COc3ccc(Cl)cc3)n2)c1. The number of amides is 1. The van der Waals surface area contributed by atoms with Gasteiger partial charge in [-0.2, -0.15) is 0 Å². The number of hydrogen-bond acceptors (Lipinski definition) is 6. The van der Waals surface area contributed by atoms with Gasteiger partial charge in [0.05, 0.1) is 32.0 Å². The van der Waals surface area contributed by atoms with E-state index in [1.807, 2.05) is 5.38 Å². The van der Waals surface area contributed by atoms with Gasteiger partial charge >= 0.3 is 0 Å². The van der Waals surface area contributed by atoms with E-state index in [1.165, 1.54) is 11.3 Å². The second kappa shape index (κ2) is 9.43. The Kier molecular flexibility index (Phi) is 6.73. The maximum absolute atomic E-state index is 12.4. The van der Waals surface area contributed by atoms with Crippen LogP contribution >= 0.6 is 22.9 Å². The fourth-order valence-electron chi connectivity index (χ4n) is 2.44. The van der Waals surface area contributed by atoms with Crippen molar-refractivity contribution in [3.05, 3.63) is 63.6 Å². The van der Waals surface area contributed by atoms with Crippen LogP contribution in [0.4, 0.5) is 5.69 Å². The van der Waals surface area contributed by atoms with E-state index in [2.05, 4.69) is 10.3 Å². The minimum atomic E-state index is -0.193. The lowest BCUT2D eigenvalue weighted by atomic mass is 10.2. The van der Waals surface area contributed by atoms with Gasteiger partial charge in [0.1, 0.15) is 28.9 Å². The Bertz CT molecular complexity index is 944. The van der Waals surface area contributed by atoms with Gasteiger partial charge in [0, 0.05) is 16.5 Å². The van der Waals surface area contributed by atoms with Crippen molar-refractivity contribution < 1.29 is 19.0 Å². The maximum atomic E-state index is 12.4. The van der Waals surface area contributed by atoms with Crippen LogP contribution in [0.3, 0.4) is 0 Å². The summed E-state index contributed by atoms with van der Waals surface area (Å²) in [6.45, 7) is 0.331. The van der Waals surface area contributed by atoms with Crippen LogP contribution in [-0.4, -0.2) is 25.1 Å². The summed E-state index contributed by atoms with van der Waals surface area (Å²) in [5.74, 6) is 1.71. The predicted molar refractivity (Wildman–Crippen MR) is 110 cm³/mol. The number of aromatic nitrogens is 1. The Labute approximate surface area is 172 Å². The minimum absolute atomic E-state index is 0.151. The van der Waals surface area contributed by atoms with E-state index in [4.69, 9.17) is 25.8 Å². The van der Waals surface area contributed by atoms with Crippen LogP contribution in [0.15, 0.2) is 47.8 Å². The van der Waals surface area contributed by atoms with Crippen molar-refractivity contribution in [1.29, 1.82) is 0 Å². The molecule has 28 heavy (non-hydrogen) atoms. The van der Waals surface area contributed by atoms with Crippen molar-refractivity contribution in [3.8, 4) is 17.2 Å². The van der Waals surface area contributed by atoms with Crippen LogP contribution < -0.4 is 19.5 Å². The molecule has 6 nitrogen and oxygen atoms in total. The summed E-state index contributed by atoms with van der Waals surface area (Å²) in [7, 11) is 3.11. The Morgan fingerprint density at radius 2 is 1.86 bits per heavy atom. The number of benzene rings is 2. The highest BCUT2D eigenvalue weighted by Crippen LogP contribution is 2.29. The Morgan fingerprint density at radius 1 is 1.11 bits per heavy atom. The van der Waals surface area contributed by atoms with Crippen LogP contribution in [0.5, 0.6) is 17.2 Å². The first-order valence-electron chi connectivity index (χ1n) is 8.41. The van der Waals surface area contributed by atoms with Crippen molar-refractivity contribution >= 4 is 34.5 Å². The third-order valence-corrected chi connectivity index (χ3v) is 4.92. The number of methoxy groups -OCH3 is 2. The maximum Gasteiger partial charge on any atom is 0.230 e. The second-order valence-electron chi connectivity index (χ2n) is 5.77. The molecule has 1 heterocycles. The van der Waals surface area contributed by atoms with E-state index in [0.717, 1.165) is 5.01 Å². The van der Waals surface area contributed by atoms with Gasteiger partial charge < -0.3 is 19.5 Å². The molecule has 1 N–H and O–H groups in total. The van der Waals surface area contributed by atoms with Crippen molar-refractivity contribution in [2.45, 2.75) is 13.0 Å². The van der Waals surface area contributed by atoms with E-state index < -0.39 is 0 Å². The molecule has 0 saturated carbocycles. The van der Waals surface area contributed by atoms with Gasteiger partial charge in [0.25, 0.3) is 0 Å². The number of ether oxygens (including phenoxy) is 3. The van der Waals surface area contributed by atoms with Crippen molar-refractivity contribution in [1.82, 2.24) is 4.98 Å². The molecule has 0 radical (unpaired) electrons. The van der Waals surface area contributed by atoms with Crippen LogP contribution in [0.1, 0.15) is 10.7 Å². The highest BCUT2D eigenvalue weighted by molar-refractivity contribution is 7.09. The van der Waals surface area contributed by atoms with Crippen LogP contribution in [0.25, 0.3) is 0 Å². The lowest BCUT2D eigenvalue weighted by Crippen LogP contribution is -2.15. The zero-order chi connectivity index (χ0) is 19.9. The molecule has 0 saturated heterocycles. The van der Waals surface area contributed by atoms with Gasteiger partial charge in [0.15, 0.2) is 0 Å². The number of nitrogens with zero attached hydrogens (tertiary/aromatic N) is 1. The molecule has 1 aromatic heterocycles. The van der Waals surface area contributed by atoms with Crippen LogP contribution in [-0.2, 0) is 17.8 Å². The van der Waals surface area contributed by atoms with Crippen LogP contribution in [0, 0.1) is 0 Å². The number of nitrogens with one attached hydrogen (secondary N) is 1. The zero-order valence-corrected chi connectivity index (χ0v) is 17.0. The molecule has 3 rings (SSSR count). The van der Waals surface area contributed by atoms with Crippen molar-refractivity contribution in [2.75, 3.05) is 19.5 Å². The number of thiazole rings is 1. The molecule has 0 aliphatic rings. The second-order valence-corrected chi connectivity index (χ2v) is 7.15. The fourth-order valence-corrected chi connectivity index (χ4v) is 3.27. The summed E-state index contributed by atoms with van der Waals surface area (Å²) >= 11 is 7.30. The molecule has 0 aliphatic carbocycles. The number of carbonyl (C=O) groups excluding carboxylic acids is 1. The number of hydrogen-bond donors (Lipinski definition) is 1. The molecule has 0 atom stereocenters. The number of halogens is 1. The van der Waals surface area contributed by atoms with E-state index in [9.17, 15) is 4.79 Å². The normalized spacial score (nSPS) is 10.4. The average Bonchev–Trinajstić information content (AvgIpc) is 3.14.